The number of carbonyl (C=O) groups excluding carboxylic acids is 1. The van der Waals surface area contributed by atoms with E-state index in [1.807, 2.05) is 6.07 Å². The van der Waals surface area contributed by atoms with E-state index < -0.39 is 0 Å². The van der Waals surface area contributed by atoms with Crippen molar-refractivity contribution in [2.45, 2.75) is 43.7 Å². The summed E-state index contributed by atoms with van der Waals surface area (Å²) >= 11 is 0. The number of amides is 1. The predicted octanol–water partition coefficient (Wildman–Crippen LogP) is 2.00. The predicted molar refractivity (Wildman–Crippen MR) is 84.0 cm³/mol. The lowest BCUT2D eigenvalue weighted by atomic mass is 9.96. The molecule has 0 aliphatic carbocycles. The first-order chi connectivity index (χ1) is 11.2. The molecular weight excluding hydrogens is 294 g/mol. The molecule has 1 amide bonds. The third-order valence-corrected chi connectivity index (χ3v) is 4.35. The average Bonchev–Trinajstić information content (AvgIpc) is 3.17. The van der Waals surface area contributed by atoms with Gasteiger partial charge in [0.05, 0.1) is 0 Å². The van der Waals surface area contributed by atoms with Gasteiger partial charge in [-0.15, -0.1) is 12.3 Å². The molecule has 0 radical (unpaired) electrons. The second-order valence-electron chi connectivity index (χ2n) is 5.99. The first-order valence-electron chi connectivity index (χ1n) is 8.01. The molecule has 2 aliphatic rings. The molecule has 23 heavy (non-hydrogen) atoms. The molecule has 2 aliphatic heterocycles. The van der Waals surface area contributed by atoms with Crippen molar-refractivity contribution in [3.8, 4) is 12.3 Å². The van der Waals surface area contributed by atoms with Crippen molar-refractivity contribution in [3.05, 3.63) is 17.5 Å². The molecule has 1 fully saturated rings. The zero-order chi connectivity index (χ0) is 16.1. The molecule has 3 rings (SSSR count). The number of nitrogens with one attached hydrogen (secondary N) is 2. The highest BCUT2D eigenvalue weighted by molar-refractivity contribution is 5.92. The number of nitrogens with zero attached hydrogens (tertiary/aromatic N) is 3. The zero-order valence-electron chi connectivity index (χ0n) is 13.0. The zero-order valence-corrected chi connectivity index (χ0v) is 13.0. The molecule has 0 atom stereocenters. The molecule has 0 aromatic carbocycles. The van der Waals surface area contributed by atoms with Gasteiger partial charge in [0, 0.05) is 50.6 Å². The Hall–Kier alpha value is -2.20. The maximum atomic E-state index is 12.1. The number of aromatic amines is 1. The van der Waals surface area contributed by atoms with Gasteiger partial charge in [-0.1, -0.05) is 0 Å². The number of hydrogen-bond acceptors (Lipinski definition) is 5. The smallest absolute Gasteiger partial charge is 0.271 e. The number of H-pyrrole nitrogens is 1. The van der Waals surface area contributed by atoms with Crippen LogP contribution in [-0.2, 0) is 4.74 Å². The highest BCUT2D eigenvalue weighted by Gasteiger charge is 2.38. The second kappa shape index (κ2) is 6.92. The lowest BCUT2D eigenvalue weighted by Crippen LogP contribution is -2.28. The van der Waals surface area contributed by atoms with E-state index in [4.69, 9.17) is 11.2 Å². The van der Waals surface area contributed by atoms with E-state index in [2.05, 4.69) is 31.7 Å². The van der Waals surface area contributed by atoms with Gasteiger partial charge in [0.15, 0.2) is 5.66 Å². The van der Waals surface area contributed by atoms with Crippen molar-refractivity contribution in [2.75, 3.05) is 19.8 Å². The van der Waals surface area contributed by atoms with Crippen molar-refractivity contribution >= 4 is 5.91 Å². The Balaban J connectivity index is 1.45. The molecule has 1 aromatic heterocycles. The fourth-order valence-electron chi connectivity index (χ4n) is 2.81. The Morgan fingerprint density at radius 2 is 2.22 bits per heavy atom. The Morgan fingerprint density at radius 1 is 1.43 bits per heavy atom. The quantitative estimate of drug-likeness (QED) is 0.754. The first-order valence-corrected chi connectivity index (χ1v) is 8.01. The standard InChI is InChI=1S/C16H21N5O2/c1-2-3-6-16(20-21-16)7-8-17-15(22)14-11-13(18-19-14)12-4-9-23-10-5-12/h1,11-12H,3-10H2,(H,17,22)(H,18,19). The summed E-state index contributed by atoms with van der Waals surface area (Å²) in [7, 11) is 0. The van der Waals surface area contributed by atoms with Crippen LogP contribution >= 0.6 is 0 Å². The minimum absolute atomic E-state index is 0.174. The van der Waals surface area contributed by atoms with Gasteiger partial charge in [-0.25, -0.2) is 0 Å². The lowest BCUT2D eigenvalue weighted by Gasteiger charge is -2.20. The molecule has 0 bridgehead atoms. The van der Waals surface area contributed by atoms with Crippen LogP contribution in [0.15, 0.2) is 16.3 Å². The van der Waals surface area contributed by atoms with Crippen LogP contribution < -0.4 is 5.32 Å². The molecule has 0 saturated carbocycles. The van der Waals surface area contributed by atoms with Crippen molar-refractivity contribution < 1.29 is 9.53 Å². The minimum atomic E-state index is -0.363. The largest absolute Gasteiger partial charge is 0.381 e. The normalized spacial score (nSPS) is 19.3. The molecule has 122 valence electrons. The Kier molecular flexibility index (Phi) is 4.72. The van der Waals surface area contributed by atoms with Crippen LogP contribution in [0.3, 0.4) is 0 Å². The second-order valence-corrected chi connectivity index (χ2v) is 5.99. The maximum Gasteiger partial charge on any atom is 0.271 e. The van der Waals surface area contributed by atoms with Crippen molar-refractivity contribution in [1.29, 1.82) is 0 Å². The number of ether oxygens (including phenoxy) is 1. The van der Waals surface area contributed by atoms with E-state index >= 15 is 0 Å². The monoisotopic (exact) mass is 315 g/mol. The third-order valence-electron chi connectivity index (χ3n) is 4.35. The summed E-state index contributed by atoms with van der Waals surface area (Å²) in [6.07, 6.45) is 9.25. The highest BCUT2D eigenvalue weighted by atomic mass is 16.5. The van der Waals surface area contributed by atoms with E-state index in [-0.39, 0.29) is 11.6 Å². The van der Waals surface area contributed by atoms with Crippen LogP contribution in [0.2, 0.25) is 0 Å². The van der Waals surface area contributed by atoms with Crippen LogP contribution in [0.25, 0.3) is 0 Å². The van der Waals surface area contributed by atoms with Gasteiger partial charge in [-0.3, -0.25) is 9.89 Å². The summed E-state index contributed by atoms with van der Waals surface area (Å²) in [5.74, 6) is 2.82. The van der Waals surface area contributed by atoms with Crippen LogP contribution in [0.4, 0.5) is 0 Å². The lowest BCUT2D eigenvalue weighted by molar-refractivity contribution is 0.0845. The number of aromatic nitrogens is 2. The fourth-order valence-corrected chi connectivity index (χ4v) is 2.81. The van der Waals surface area contributed by atoms with Crippen molar-refractivity contribution in [1.82, 2.24) is 15.5 Å². The summed E-state index contributed by atoms with van der Waals surface area (Å²) in [4.78, 5) is 12.1. The van der Waals surface area contributed by atoms with Gasteiger partial charge in [-0.05, 0) is 18.9 Å². The molecule has 1 saturated heterocycles. The fraction of sp³-hybridized carbons (Fsp3) is 0.625. The minimum Gasteiger partial charge on any atom is -0.381 e. The van der Waals surface area contributed by atoms with Crippen LogP contribution in [-0.4, -0.2) is 41.5 Å². The van der Waals surface area contributed by atoms with Gasteiger partial charge in [0.2, 0.25) is 0 Å². The number of carbonyl (C=O) groups is 1. The Bertz CT molecular complexity index is 619. The number of hydrogen-bond donors (Lipinski definition) is 2. The van der Waals surface area contributed by atoms with Gasteiger partial charge < -0.3 is 10.1 Å². The maximum absolute atomic E-state index is 12.1. The molecule has 0 unspecified atom stereocenters. The van der Waals surface area contributed by atoms with Crippen LogP contribution in [0.5, 0.6) is 0 Å². The molecular formula is C16H21N5O2. The molecule has 2 N–H and O–H groups in total. The molecule has 7 heteroatoms. The van der Waals surface area contributed by atoms with E-state index in [0.717, 1.165) is 38.2 Å². The summed E-state index contributed by atoms with van der Waals surface area (Å²) in [5, 5.41) is 18.1. The van der Waals surface area contributed by atoms with E-state index in [1.54, 1.807) is 0 Å². The van der Waals surface area contributed by atoms with Crippen molar-refractivity contribution in [3.63, 3.8) is 0 Å². The van der Waals surface area contributed by atoms with E-state index in [0.29, 0.717) is 31.0 Å². The summed E-state index contributed by atoms with van der Waals surface area (Å²) in [6.45, 7) is 2.03. The SMILES string of the molecule is C#CCCC1(CCNC(=O)c2cc(C3CCOCC3)[nH]n2)N=N1. The summed E-state index contributed by atoms with van der Waals surface area (Å²) < 4.78 is 5.35. The Morgan fingerprint density at radius 3 is 2.91 bits per heavy atom. The summed E-state index contributed by atoms with van der Waals surface area (Å²) in [5.41, 5.74) is 1.07. The van der Waals surface area contributed by atoms with Gasteiger partial charge in [0.1, 0.15) is 5.69 Å². The van der Waals surface area contributed by atoms with E-state index in [1.165, 1.54) is 0 Å². The molecule has 7 nitrogen and oxygen atoms in total. The third kappa shape index (κ3) is 3.96. The van der Waals surface area contributed by atoms with E-state index in [9.17, 15) is 4.79 Å². The number of rotatable bonds is 7. The van der Waals surface area contributed by atoms with Gasteiger partial charge in [-0.2, -0.15) is 15.3 Å². The summed E-state index contributed by atoms with van der Waals surface area (Å²) in [6, 6.07) is 1.84. The molecule has 0 spiro atoms. The van der Waals surface area contributed by atoms with Crippen molar-refractivity contribution in [2.24, 2.45) is 10.2 Å². The van der Waals surface area contributed by atoms with Crippen LogP contribution in [0, 0.1) is 12.3 Å². The Labute approximate surface area is 135 Å². The first kappa shape index (κ1) is 15.7. The molecule has 1 aromatic rings. The highest BCUT2D eigenvalue weighted by Crippen LogP contribution is 2.36. The molecule has 3 heterocycles. The van der Waals surface area contributed by atoms with Crippen LogP contribution in [0.1, 0.15) is 54.2 Å². The van der Waals surface area contributed by atoms with Gasteiger partial charge in [0.25, 0.3) is 5.91 Å². The average molecular weight is 315 g/mol. The number of terminal acetylenes is 1. The topological polar surface area (TPSA) is 91.7 Å². The van der Waals surface area contributed by atoms with Gasteiger partial charge >= 0.3 is 0 Å².